The number of benzene rings is 2. The van der Waals surface area contributed by atoms with Crippen molar-refractivity contribution in [2.24, 2.45) is 5.92 Å². The lowest BCUT2D eigenvalue weighted by Gasteiger charge is -2.38. The summed E-state index contributed by atoms with van der Waals surface area (Å²) in [4.78, 5) is 81.3. The number of likely N-dealkylation sites (tertiary alicyclic amines) is 2. The molecule has 10 rings (SSSR count). The summed E-state index contributed by atoms with van der Waals surface area (Å²) < 4.78 is 2.13. The molecule has 3 N–H and O–H groups in total. The van der Waals surface area contributed by atoms with E-state index >= 15 is 0 Å². The predicted octanol–water partition coefficient (Wildman–Crippen LogP) is 5.19. The van der Waals surface area contributed by atoms with E-state index in [9.17, 15) is 24.0 Å². The predicted molar refractivity (Wildman–Crippen MR) is 226 cm³/mol. The number of fused-ring (bicyclic) bond motifs is 3. The number of hydrogen-bond donors (Lipinski definition) is 3. The summed E-state index contributed by atoms with van der Waals surface area (Å²) in [5.41, 5.74) is 6.04. The van der Waals surface area contributed by atoms with Crippen molar-refractivity contribution in [3.05, 3.63) is 82.8 Å². The summed E-state index contributed by atoms with van der Waals surface area (Å²) in [6, 6.07) is 14.9. The molecule has 8 heterocycles. The van der Waals surface area contributed by atoms with Crippen molar-refractivity contribution in [3.8, 4) is 0 Å². The maximum absolute atomic E-state index is 13.7. The average Bonchev–Trinajstić information content (AvgIpc) is 4.02. The molecule has 5 aromatic rings. The lowest BCUT2D eigenvalue weighted by molar-refractivity contribution is -0.136. The number of aromatic nitrogens is 4. The molecule has 0 radical (unpaired) electrons. The van der Waals surface area contributed by atoms with Crippen LogP contribution in [0.1, 0.15) is 106 Å². The molecule has 0 saturated carbocycles. The summed E-state index contributed by atoms with van der Waals surface area (Å²) in [5, 5.41) is 12.4. The van der Waals surface area contributed by atoms with E-state index < -0.39 is 23.8 Å². The Hall–Kier alpha value is -5.93. The number of amides is 5. The van der Waals surface area contributed by atoms with Crippen LogP contribution in [0, 0.1) is 12.8 Å². The van der Waals surface area contributed by atoms with Crippen molar-refractivity contribution >= 4 is 62.8 Å². The van der Waals surface area contributed by atoms with E-state index in [-0.39, 0.29) is 30.7 Å². The fraction of sp³-hybridized carbons (Fsp3) is 0.444. The zero-order valence-corrected chi connectivity index (χ0v) is 34.1. The van der Waals surface area contributed by atoms with Crippen LogP contribution < -0.4 is 15.5 Å². The smallest absolute Gasteiger partial charge is 0.264 e. The minimum atomic E-state index is -0.981. The van der Waals surface area contributed by atoms with Crippen LogP contribution in [0.3, 0.4) is 0 Å². The molecule has 5 amide bonds. The van der Waals surface area contributed by atoms with Crippen LogP contribution in [0.4, 0.5) is 11.5 Å². The summed E-state index contributed by atoms with van der Waals surface area (Å²) in [6.07, 6.45) is 8.21. The maximum atomic E-state index is 13.7. The van der Waals surface area contributed by atoms with Gasteiger partial charge in [-0.05, 0) is 102 Å². The Bertz CT molecular complexity index is 2560. The van der Waals surface area contributed by atoms with Crippen LogP contribution in [0.2, 0.25) is 0 Å². The maximum Gasteiger partial charge on any atom is 0.264 e. The molecular formula is C45H50N10O5. The van der Waals surface area contributed by atoms with E-state index in [2.05, 4.69) is 53.1 Å². The number of pyridine rings is 1. The highest BCUT2D eigenvalue weighted by Gasteiger charge is 2.46. The number of nitrogens with zero attached hydrogens (tertiary/aromatic N) is 7. The number of aromatic amines is 1. The molecule has 5 aliphatic heterocycles. The zero-order valence-electron chi connectivity index (χ0n) is 34.1. The van der Waals surface area contributed by atoms with E-state index in [0.717, 1.165) is 109 Å². The lowest BCUT2D eigenvalue weighted by Crippen LogP contribution is -2.54. The first-order chi connectivity index (χ1) is 29.1. The van der Waals surface area contributed by atoms with Crippen molar-refractivity contribution in [1.29, 1.82) is 0 Å². The van der Waals surface area contributed by atoms with E-state index in [4.69, 9.17) is 5.10 Å². The van der Waals surface area contributed by atoms with Crippen LogP contribution in [0.25, 0.3) is 21.8 Å². The molecule has 5 aliphatic rings. The van der Waals surface area contributed by atoms with Gasteiger partial charge in [-0.1, -0.05) is 12.1 Å². The van der Waals surface area contributed by atoms with Crippen molar-refractivity contribution in [1.82, 2.24) is 39.8 Å². The molecule has 0 spiro atoms. The van der Waals surface area contributed by atoms with E-state index in [1.54, 1.807) is 12.1 Å². The highest BCUT2D eigenvalue weighted by atomic mass is 16.2. The molecular weight excluding hydrogens is 761 g/mol. The SMILES string of the molecule is Cc1nn(C2CCN(CC3CCN(c4cccc5c4C(=O)N(C4CCC(=O)NC4=O)C5=O)CC3)CC2)c2cc(C(=O)Nc3cc4[nH]c([C@H]5CCCN5C)cc4cn3)ccc12. The van der Waals surface area contributed by atoms with E-state index in [1.807, 2.05) is 43.5 Å². The van der Waals surface area contributed by atoms with Crippen LogP contribution >= 0.6 is 0 Å². The fourth-order valence-corrected chi connectivity index (χ4v) is 10.3. The van der Waals surface area contributed by atoms with E-state index in [1.165, 1.54) is 12.1 Å². The Labute approximate surface area is 347 Å². The third-order valence-corrected chi connectivity index (χ3v) is 13.6. The second-order valence-corrected chi connectivity index (χ2v) is 17.3. The van der Waals surface area contributed by atoms with Crippen molar-refractivity contribution in [3.63, 3.8) is 0 Å². The van der Waals surface area contributed by atoms with Gasteiger partial charge in [0.1, 0.15) is 11.9 Å². The average molecular weight is 811 g/mol. The zero-order chi connectivity index (χ0) is 41.2. The Morgan fingerprint density at radius 3 is 2.47 bits per heavy atom. The van der Waals surface area contributed by atoms with Gasteiger partial charge in [0.05, 0.1) is 39.6 Å². The molecule has 15 nitrogen and oxygen atoms in total. The molecule has 4 saturated heterocycles. The van der Waals surface area contributed by atoms with Gasteiger partial charge in [0.25, 0.3) is 17.7 Å². The Morgan fingerprint density at radius 2 is 1.70 bits per heavy atom. The minimum Gasteiger partial charge on any atom is -0.371 e. The van der Waals surface area contributed by atoms with Gasteiger partial charge in [-0.25, -0.2) is 4.98 Å². The number of carbonyl (C=O) groups is 5. The van der Waals surface area contributed by atoms with Gasteiger partial charge in [0.15, 0.2) is 0 Å². The Balaban J connectivity index is 0.752. The second kappa shape index (κ2) is 15.3. The number of aryl methyl sites for hydroxylation is 1. The summed E-state index contributed by atoms with van der Waals surface area (Å²) in [7, 11) is 2.16. The summed E-state index contributed by atoms with van der Waals surface area (Å²) in [6.45, 7) is 7.56. The largest absolute Gasteiger partial charge is 0.371 e. The topological polar surface area (TPSA) is 169 Å². The molecule has 60 heavy (non-hydrogen) atoms. The molecule has 0 aliphatic carbocycles. The van der Waals surface area contributed by atoms with Crippen LogP contribution in [-0.4, -0.2) is 116 Å². The number of piperidine rings is 3. The second-order valence-electron chi connectivity index (χ2n) is 17.3. The van der Waals surface area contributed by atoms with Crippen LogP contribution in [0.15, 0.2) is 54.7 Å². The van der Waals surface area contributed by atoms with Gasteiger partial charge in [-0.3, -0.25) is 43.8 Å². The van der Waals surface area contributed by atoms with Crippen molar-refractivity contribution in [2.75, 3.05) is 56.5 Å². The highest BCUT2D eigenvalue weighted by molar-refractivity contribution is 6.25. The van der Waals surface area contributed by atoms with Gasteiger partial charge in [-0.2, -0.15) is 5.10 Å². The fourth-order valence-electron chi connectivity index (χ4n) is 10.3. The molecule has 2 aromatic carbocycles. The highest BCUT2D eigenvalue weighted by Crippen LogP contribution is 2.37. The first-order valence-corrected chi connectivity index (χ1v) is 21.4. The number of anilines is 2. The Kier molecular flexibility index (Phi) is 9.74. The quantitative estimate of drug-likeness (QED) is 0.177. The standard InChI is InChI=1S/C45H50N10O5/c1-26-31-9-8-28(42(57)48-39-23-33-29(24-46-39)21-34(47-33)35-7-4-16-51(35)2)22-38(31)55(50-26)30-14-17-52(18-15-30)25-27-12-19-53(20-13-27)36-6-3-5-32-41(36)45(60)54(44(32)59)37-10-11-40(56)49-43(37)58/h3,5-6,8-9,21-24,27,30,35,37,47H,4,7,10-20,25H2,1-2H3,(H,46,48,57)(H,49,56,58)/t35-,37?/m1/s1. The number of hydrogen-bond acceptors (Lipinski definition) is 10. The van der Waals surface area contributed by atoms with E-state index in [0.29, 0.717) is 34.5 Å². The van der Waals surface area contributed by atoms with Crippen molar-refractivity contribution < 1.29 is 24.0 Å². The summed E-state index contributed by atoms with van der Waals surface area (Å²) in [5.74, 6) is -1.12. The number of nitrogens with one attached hydrogen (secondary N) is 3. The third-order valence-electron chi connectivity index (χ3n) is 13.6. The van der Waals surface area contributed by atoms with Gasteiger partial charge >= 0.3 is 0 Å². The lowest BCUT2D eigenvalue weighted by atomic mass is 9.93. The Morgan fingerprint density at radius 1 is 0.883 bits per heavy atom. The van der Waals surface area contributed by atoms with Gasteiger partial charge < -0.3 is 20.1 Å². The minimum absolute atomic E-state index is 0.0914. The van der Waals surface area contributed by atoms with Crippen LogP contribution in [-0.2, 0) is 9.59 Å². The molecule has 15 heteroatoms. The number of H-pyrrole nitrogens is 1. The number of rotatable bonds is 8. The first kappa shape index (κ1) is 38.3. The monoisotopic (exact) mass is 810 g/mol. The first-order valence-electron chi connectivity index (χ1n) is 21.4. The molecule has 3 aromatic heterocycles. The van der Waals surface area contributed by atoms with Crippen molar-refractivity contribution in [2.45, 2.75) is 76.4 Å². The summed E-state index contributed by atoms with van der Waals surface area (Å²) >= 11 is 0. The number of imide groups is 2. The van der Waals surface area contributed by atoms with Gasteiger partial charge in [0.2, 0.25) is 11.8 Å². The molecule has 2 atom stereocenters. The van der Waals surface area contributed by atoms with Crippen LogP contribution in [0.5, 0.6) is 0 Å². The van der Waals surface area contributed by atoms with Gasteiger partial charge in [-0.15, -0.1) is 0 Å². The molecule has 4 fully saturated rings. The van der Waals surface area contributed by atoms with Gasteiger partial charge in [0, 0.05) is 79.5 Å². The molecule has 1 unspecified atom stereocenters. The molecule has 0 bridgehead atoms. The normalized spacial score (nSPS) is 22.4. The number of carbonyl (C=O) groups excluding carboxylic acids is 5. The molecule has 310 valence electrons. The third kappa shape index (κ3) is 6.82.